The SMILES string of the molecule is O=C1Nc2cnc(Cl)cc2C12CCC(F)(F)CC2. The molecule has 0 bridgehead atoms. The summed E-state index contributed by atoms with van der Waals surface area (Å²) in [6.07, 6.45) is 1.26. The van der Waals surface area contributed by atoms with Gasteiger partial charge in [-0.3, -0.25) is 4.79 Å². The normalized spacial score (nSPS) is 23.8. The lowest BCUT2D eigenvalue weighted by molar-refractivity contribution is -0.125. The van der Waals surface area contributed by atoms with Crippen LogP contribution in [0, 0.1) is 0 Å². The summed E-state index contributed by atoms with van der Waals surface area (Å²) >= 11 is 5.83. The van der Waals surface area contributed by atoms with Crippen molar-refractivity contribution in [3.8, 4) is 0 Å². The number of pyridine rings is 1. The van der Waals surface area contributed by atoms with Crippen LogP contribution in [0.25, 0.3) is 0 Å². The maximum absolute atomic E-state index is 13.3. The van der Waals surface area contributed by atoms with Crippen LogP contribution in [0.15, 0.2) is 12.3 Å². The van der Waals surface area contributed by atoms with Crippen molar-refractivity contribution in [1.82, 2.24) is 4.98 Å². The van der Waals surface area contributed by atoms with Crippen LogP contribution in [-0.2, 0) is 10.2 Å². The molecule has 6 heteroatoms. The van der Waals surface area contributed by atoms with Crippen LogP contribution in [-0.4, -0.2) is 16.8 Å². The van der Waals surface area contributed by atoms with E-state index in [9.17, 15) is 13.6 Å². The summed E-state index contributed by atoms with van der Waals surface area (Å²) in [5, 5.41) is 2.99. The number of aromatic nitrogens is 1. The molecule has 0 unspecified atom stereocenters. The van der Waals surface area contributed by atoms with Crippen LogP contribution in [0.5, 0.6) is 0 Å². The Kier molecular flexibility index (Phi) is 2.39. The summed E-state index contributed by atoms with van der Waals surface area (Å²) in [5.41, 5.74) is 0.460. The number of amides is 1. The van der Waals surface area contributed by atoms with Crippen LogP contribution in [0.2, 0.25) is 5.15 Å². The zero-order valence-electron chi connectivity index (χ0n) is 9.47. The second-order valence-corrected chi connectivity index (χ2v) is 5.33. The third-order valence-corrected chi connectivity index (χ3v) is 4.11. The molecule has 1 aliphatic heterocycles. The number of nitrogens with zero attached hydrogens (tertiary/aromatic N) is 1. The maximum atomic E-state index is 13.3. The quantitative estimate of drug-likeness (QED) is 0.737. The first-order valence-electron chi connectivity index (χ1n) is 5.78. The van der Waals surface area contributed by atoms with E-state index in [4.69, 9.17) is 11.6 Å². The van der Waals surface area contributed by atoms with E-state index >= 15 is 0 Å². The van der Waals surface area contributed by atoms with E-state index in [0.717, 1.165) is 0 Å². The molecule has 0 aromatic carbocycles. The van der Waals surface area contributed by atoms with Gasteiger partial charge in [0.05, 0.1) is 17.3 Å². The molecule has 0 saturated heterocycles. The summed E-state index contributed by atoms with van der Waals surface area (Å²) in [6, 6.07) is 1.61. The number of hydrogen-bond donors (Lipinski definition) is 1. The van der Waals surface area contributed by atoms with Gasteiger partial charge in [-0.2, -0.15) is 0 Å². The number of carbonyl (C=O) groups excluding carboxylic acids is 1. The standard InChI is InChI=1S/C12H11ClF2N2O/c13-9-5-7-8(6-16-9)17-10(18)11(7)1-3-12(14,15)4-2-11/h5-6H,1-4H2,(H,17,18). The Morgan fingerprint density at radius 1 is 1.28 bits per heavy atom. The largest absolute Gasteiger partial charge is 0.324 e. The number of alkyl halides is 2. The van der Waals surface area contributed by atoms with Crippen LogP contribution in [0.1, 0.15) is 31.2 Å². The highest BCUT2D eigenvalue weighted by Crippen LogP contribution is 2.51. The average molecular weight is 273 g/mol. The Balaban J connectivity index is 2.04. The van der Waals surface area contributed by atoms with Gasteiger partial charge in [-0.25, -0.2) is 13.8 Å². The monoisotopic (exact) mass is 272 g/mol. The molecule has 1 fully saturated rings. The first kappa shape index (κ1) is 11.8. The molecule has 1 aromatic heterocycles. The van der Waals surface area contributed by atoms with Gasteiger partial charge in [0.2, 0.25) is 11.8 Å². The van der Waals surface area contributed by atoms with Crippen molar-refractivity contribution >= 4 is 23.2 Å². The van der Waals surface area contributed by atoms with Crippen molar-refractivity contribution in [1.29, 1.82) is 0 Å². The average Bonchev–Trinajstić information content (AvgIpc) is 2.57. The fourth-order valence-corrected chi connectivity index (χ4v) is 2.99. The van der Waals surface area contributed by atoms with Gasteiger partial charge in [-0.1, -0.05) is 11.6 Å². The lowest BCUT2D eigenvalue weighted by atomic mass is 9.69. The Labute approximate surface area is 108 Å². The minimum Gasteiger partial charge on any atom is -0.324 e. The minimum atomic E-state index is -2.66. The molecule has 3 rings (SSSR count). The fourth-order valence-electron chi connectivity index (χ4n) is 2.83. The minimum absolute atomic E-state index is 0.152. The van der Waals surface area contributed by atoms with Gasteiger partial charge in [-0.15, -0.1) is 0 Å². The summed E-state index contributed by atoms with van der Waals surface area (Å²) in [7, 11) is 0. The lowest BCUT2D eigenvalue weighted by Crippen LogP contribution is -2.41. The van der Waals surface area contributed by atoms with Gasteiger partial charge in [0.25, 0.3) is 0 Å². The molecular formula is C12H11ClF2N2O. The topological polar surface area (TPSA) is 42.0 Å². The van der Waals surface area contributed by atoms with E-state index in [2.05, 4.69) is 10.3 Å². The van der Waals surface area contributed by atoms with E-state index in [0.29, 0.717) is 11.3 Å². The van der Waals surface area contributed by atoms with Gasteiger partial charge in [0.1, 0.15) is 5.15 Å². The maximum Gasteiger partial charge on any atom is 0.248 e. The molecule has 0 atom stereocenters. The Hall–Kier alpha value is -1.23. The molecule has 2 aliphatic rings. The molecule has 1 N–H and O–H groups in total. The zero-order valence-corrected chi connectivity index (χ0v) is 10.2. The molecule has 3 nitrogen and oxygen atoms in total. The summed E-state index contributed by atoms with van der Waals surface area (Å²) in [6.45, 7) is 0. The predicted molar refractivity (Wildman–Crippen MR) is 63.0 cm³/mol. The summed E-state index contributed by atoms with van der Waals surface area (Å²) in [5.74, 6) is -2.87. The highest BCUT2D eigenvalue weighted by molar-refractivity contribution is 6.29. The van der Waals surface area contributed by atoms with Crippen LogP contribution in [0.4, 0.5) is 14.5 Å². The lowest BCUT2D eigenvalue weighted by Gasteiger charge is -2.35. The van der Waals surface area contributed by atoms with Crippen molar-refractivity contribution in [2.24, 2.45) is 0 Å². The zero-order chi connectivity index (χ0) is 13.0. The molecule has 1 amide bonds. The van der Waals surface area contributed by atoms with Crippen molar-refractivity contribution in [3.05, 3.63) is 23.0 Å². The molecule has 0 radical (unpaired) electrons. The number of hydrogen-bond acceptors (Lipinski definition) is 2. The van der Waals surface area contributed by atoms with Gasteiger partial charge in [0.15, 0.2) is 0 Å². The van der Waals surface area contributed by atoms with E-state index in [1.165, 1.54) is 6.20 Å². The van der Waals surface area contributed by atoms with E-state index in [1.807, 2.05) is 0 Å². The van der Waals surface area contributed by atoms with E-state index in [-0.39, 0.29) is 36.7 Å². The predicted octanol–water partition coefficient (Wildman–Crippen LogP) is 3.13. The first-order chi connectivity index (χ1) is 8.43. The Bertz CT molecular complexity index is 523. The molecule has 1 spiro atoms. The van der Waals surface area contributed by atoms with Gasteiger partial charge in [0, 0.05) is 12.8 Å². The van der Waals surface area contributed by atoms with Crippen LogP contribution >= 0.6 is 11.6 Å². The van der Waals surface area contributed by atoms with Crippen molar-refractivity contribution in [2.45, 2.75) is 37.0 Å². The van der Waals surface area contributed by atoms with Gasteiger partial charge < -0.3 is 5.32 Å². The Morgan fingerprint density at radius 3 is 2.61 bits per heavy atom. The fraction of sp³-hybridized carbons (Fsp3) is 0.500. The third-order valence-electron chi connectivity index (χ3n) is 3.90. The van der Waals surface area contributed by atoms with E-state index in [1.54, 1.807) is 6.07 Å². The van der Waals surface area contributed by atoms with Crippen molar-refractivity contribution < 1.29 is 13.6 Å². The second kappa shape index (κ2) is 3.63. The third kappa shape index (κ3) is 1.61. The number of halogens is 3. The smallest absolute Gasteiger partial charge is 0.248 e. The Morgan fingerprint density at radius 2 is 1.94 bits per heavy atom. The highest BCUT2D eigenvalue weighted by atomic mass is 35.5. The van der Waals surface area contributed by atoms with E-state index < -0.39 is 11.3 Å². The first-order valence-corrected chi connectivity index (χ1v) is 6.16. The van der Waals surface area contributed by atoms with Crippen molar-refractivity contribution in [2.75, 3.05) is 5.32 Å². The van der Waals surface area contributed by atoms with Crippen LogP contribution < -0.4 is 5.32 Å². The highest BCUT2D eigenvalue weighted by Gasteiger charge is 2.52. The molecule has 1 aliphatic carbocycles. The van der Waals surface area contributed by atoms with Gasteiger partial charge >= 0.3 is 0 Å². The molecule has 2 heterocycles. The molecule has 18 heavy (non-hydrogen) atoms. The molecular weight excluding hydrogens is 262 g/mol. The number of rotatable bonds is 0. The number of anilines is 1. The summed E-state index contributed by atoms with van der Waals surface area (Å²) < 4.78 is 26.5. The van der Waals surface area contributed by atoms with Crippen LogP contribution in [0.3, 0.4) is 0 Å². The number of nitrogens with one attached hydrogen (secondary N) is 1. The summed E-state index contributed by atoms with van der Waals surface area (Å²) in [4.78, 5) is 16.0. The second-order valence-electron chi connectivity index (χ2n) is 4.94. The molecule has 1 aromatic rings. The number of carbonyl (C=O) groups is 1. The van der Waals surface area contributed by atoms with Gasteiger partial charge in [-0.05, 0) is 24.5 Å². The molecule has 1 saturated carbocycles. The number of fused-ring (bicyclic) bond motifs is 2. The molecule has 96 valence electrons. The van der Waals surface area contributed by atoms with Crippen molar-refractivity contribution in [3.63, 3.8) is 0 Å².